The van der Waals surface area contributed by atoms with Crippen molar-refractivity contribution in [1.29, 1.82) is 5.26 Å². The molecule has 6 heteroatoms. The highest BCUT2D eigenvalue weighted by Crippen LogP contribution is 2.22. The lowest BCUT2D eigenvalue weighted by Gasteiger charge is -2.31. The van der Waals surface area contributed by atoms with Crippen molar-refractivity contribution in [1.82, 2.24) is 4.31 Å². The summed E-state index contributed by atoms with van der Waals surface area (Å²) in [6.07, 6.45) is 2.90. The van der Waals surface area contributed by atoms with E-state index in [1.807, 2.05) is 6.07 Å². The second-order valence-electron chi connectivity index (χ2n) is 4.60. The summed E-state index contributed by atoms with van der Waals surface area (Å²) in [5, 5.41) is 8.87. The summed E-state index contributed by atoms with van der Waals surface area (Å²) in [4.78, 5) is 0. The number of piperidine rings is 1. The Morgan fingerprint density at radius 3 is 2.58 bits per heavy atom. The predicted octanol–water partition coefficient (Wildman–Crippen LogP) is 1.73. The van der Waals surface area contributed by atoms with Crippen molar-refractivity contribution in [2.45, 2.75) is 19.3 Å². The highest BCUT2D eigenvalue weighted by molar-refractivity contribution is 7.90. The summed E-state index contributed by atoms with van der Waals surface area (Å²) >= 11 is 0. The van der Waals surface area contributed by atoms with Crippen LogP contribution in [0.25, 0.3) is 0 Å². The van der Waals surface area contributed by atoms with Crippen molar-refractivity contribution in [3.05, 3.63) is 29.8 Å². The van der Waals surface area contributed by atoms with E-state index in [9.17, 15) is 8.42 Å². The van der Waals surface area contributed by atoms with Gasteiger partial charge in [0, 0.05) is 20.1 Å². The van der Waals surface area contributed by atoms with Gasteiger partial charge in [-0.25, -0.2) is 0 Å². The van der Waals surface area contributed by atoms with Gasteiger partial charge in [0.1, 0.15) is 0 Å². The summed E-state index contributed by atoms with van der Waals surface area (Å²) in [6.45, 7) is 1.15. The van der Waals surface area contributed by atoms with E-state index in [-0.39, 0.29) is 0 Å². The highest BCUT2D eigenvalue weighted by atomic mass is 32.2. The average Bonchev–Trinajstić information content (AvgIpc) is 2.47. The molecule has 0 spiro atoms. The van der Waals surface area contributed by atoms with Crippen LogP contribution in [0.3, 0.4) is 0 Å². The number of nitriles is 1. The second-order valence-corrected chi connectivity index (χ2v) is 6.56. The number of hydrogen-bond donors (Lipinski definition) is 0. The van der Waals surface area contributed by atoms with Gasteiger partial charge >= 0.3 is 10.2 Å². The van der Waals surface area contributed by atoms with Gasteiger partial charge in [-0.3, -0.25) is 4.31 Å². The topological polar surface area (TPSA) is 64.4 Å². The summed E-state index contributed by atoms with van der Waals surface area (Å²) in [6, 6.07) is 8.65. The van der Waals surface area contributed by atoms with Crippen LogP contribution in [0.4, 0.5) is 5.69 Å². The molecule has 0 N–H and O–H groups in total. The zero-order valence-electron chi connectivity index (χ0n) is 10.9. The van der Waals surface area contributed by atoms with E-state index >= 15 is 0 Å². The maximum atomic E-state index is 12.5. The molecular weight excluding hydrogens is 262 g/mol. The summed E-state index contributed by atoms with van der Waals surface area (Å²) in [5.41, 5.74) is 0.975. The molecule has 1 aromatic rings. The Hall–Kier alpha value is -1.58. The van der Waals surface area contributed by atoms with Crippen LogP contribution in [-0.2, 0) is 10.2 Å². The predicted molar refractivity (Wildman–Crippen MR) is 73.9 cm³/mol. The normalized spacial score (nSPS) is 16.8. The van der Waals surface area contributed by atoms with Crippen LogP contribution in [0.15, 0.2) is 24.3 Å². The van der Waals surface area contributed by atoms with E-state index in [1.54, 1.807) is 24.3 Å². The largest absolute Gasteiger partial charge is 0.303 e. The maximum absolute atomic E-state index is 12.5. The lowest BCUT2D eigenvalue weighted by molar-refractivity contribution is 0.346. The van der Waals surface area contributed by atoms with E-state index in [0.29, 0.717) is 24.3 Å². The second kappa shape index (κ2) is 5.59. The molecule has 0 atom stereocenters. The van der Waals surface area contributed by atoms with Crippen molar-refractivity contribution in [2.24, 2.45) is 0 Å². The van der Waals surface area contributed by atoms with Gasteiger partial charge in [-0.15, -0.1) is 0 Å². The molecule has 19 heavy (non-hydrogen) atoms. The Morgan fingerprint density at radius 2 is 1.95 bits per heavy atom. The number of anilines is 1. The number of hydrogen-bond acceptors (Lipinski definition) is 3. The summed E-state index contributed by atoms with van der Waals surface area (Å²) in [5.74, 6) is 0. The lowest BCUT2D eigenvalue weighted by atomic mass is 10.2. The Bertz CT molecular complexity index is 586. The summed E-state index contributed by atoms with van der Waals surface area (Å²) < 4.78 is 27.7. The lowest BCUT2D eigenvalue weighted by Crippen LogP contribution is -2.44. The van der Waals surface area contributed by atoms with Gasteiger partial charge in [-0.05, 0) is 31.0 Å². The van der Waals surface area contributed by atoms with E-state index in [0.717, 1.165) is 19.3 Å². The van der Waals surface area contributed by atoms with Crippen LogP contribution in [0.1, 0.15) is 24.8 Å². The molecule has 1 aromatic carbocycles. The minimum Gasteiger partial charge on any atom is -0.261 e. The van der Waals surface area contributed by atoms with Crippen LogP contribution < -0.4 is 4.31 Å². The number of nitrogens with zero attached hydrogens (tertiary/aromatic N) is 3. The molecule has 1 aliphatic heterocycles. The van der Waals surface area contributed by atoms with E-state index < -0.39 is 10.2 Å². The molecule has 0 unspecified atom stereocenters. The molecule has 5 nitrogen and oxygen atoms in total. The highest BCUT2D eigenvalue weighted by Gasteiger charge is 2.28. The molecule has 0 aliphatic carbocycles. The van der Waals surface area contributed by atoms with Gasteiger partial charge < -0.3 is 0 Å². The molecule has 1 aliphatic rings. The fourth-order valence-corrected chi connectivity index (χ4v) is 3.62. The summed E-state index contributed by atoms with van der Waals surface area (Å²) in [7, 11) is -1.95. The van der Waals surface area contributed by atoms with Gasteiger partial charge in [-0.1, -0.05) is 12.5 Å². The Morgan fingerprint density at radius 1 is 1.26 bits per heavy atom. The van der Waals surface area contributed by atoms with Crippen LogP contribution >= 0.6 is 0 Å². The molecule has 0 amide bonds. The van der Waals surface area contributed by atoms with Crippen molar-refractivity contribution >= 4 is 15.9 Å². The van der Waals surface area contributed by atoms with Gasteiger partial charge in [0.15, 0.2) is 0 Å². The van der Waals surface area contributed by atoms with Crippen LogP contribution in [0.5, 0.6) is 0 Å². The molecule has 2 rings (SSSR count). The molecule has 1 saturated heterocycles. The maximum Gasteiger partial charge on any atom is 0.303 e. The smallest absolute Gasteiger partial charge is 0.261 e. The van der Waals surface area contributed by atoms with E-state index in [4.69, 9.17) is 5.26 Å². The van der Waals surface area contributed by atoms with Gasteiger partial charge in [0.05, 0.1) is 17.3 Å². The minimum atomic E-state index is -3.48. The van der Waals surface area contributed by atoms with Crippen LogP contribution in [0.2, 0.25) is 0 Å². The Labute approximate surface area is 114 Å². The van der Waals surface area contributed by atoms with Gasteiger partial charge in [0.25, 0.3) is 0 Å². The quantitative estimate of drug-likeness (QED) is 0.846. The third-order valence-corrected chi connectivity index (χ3v) is 5.25. The fourth-order valence-electron chi connectivity index (χ4n) is 2.17. The SMILES string of the molecule is CN(c1cccc(C#N)c1)S(=O)(=O)N1CCCCC1. The van der Waals surface area contributed by atoms with Crippen molar-refractivity contribution in [3.63, 3.8) is 0 Å². The molecule has 1 heterocycles. The number of benzene rings is 1. The monoisotopic (exact) mass is 279 g/mol. The first-order valence-corrected chi connectivity index (χ1v) is 7.69. The van der Waals surface area contributed by atoms with Crippen molar-refractivity contribution < 1.29 is 8.42 Å². The zero-order chi connectivity index (χ0) is 13.9. The van der Waals surface area contributed by atoms with E-state index in [2.05, 4.69) is 0 Å². The molecule has 0 radical (unpaired) electrons. The van der Waals surface area contributed by atoms with Crippen LogP contribution in [-0.4, -0.2) is 32.9 Å². The Balaban J connectivity index is 2.26. The first-order valence-electron chi connectivity index (χ1n) is 6.30. The first-order chi connectivity index (χ1) is 9.05. The fraction of sp³-hybridized carbons (Fsp3) is 0.462. The Kier molecular flexibility index (Phi) is 4.08. The van der Waals surface area contributed by atoms with Crippen LogP contribution in [0, 0.1) is 11.3 Å². The molecule has 0 saturated carbocycles. The zero-order valence-corrected chi connectivity index (χ0v) is 11.7. The number of rotatable bonds is 3. The standard InChI is InChI=1S/C13H17N3O2S/c1-15(13-7-5-6-12(10-13)11-14)19(17,18)16-8-3-2-4-9-16/h5-7,10H,2-4,8-9H2,1H3. The third kappa shape index (κ3) is 2.88. The average molecular weight is 279 g/mol. The molecule has 1 fully saturated rings. The molecule has 102 valence electrons. The van der Waals surface area contributed by atoms with Crippen molar-refractivity contribution in [3.8, 4) is 6.07 Å². The van der Waals surface area contributed by atoms with Gasteiger partial charge in [-0.2, -0.15) is 18.0 Å². The minimum absolute atomic E-state index is 0.457. The van der Waals surface area contributed by atoms with Gasteiger partial charge in [0.2, 0.25) is 0 Å². The third-order valence-electron chi connectivity index (χ3n) is 3.33. The molecule has 0 aromatic heterocycles. The first kappa shape index (κ1) is 13.8. The van der Waals surface area contributed by atoms with E-state index in [1.165, 1.54) is 15.7 Å². The molecular formula is C13H17N3O2S. The van der Waals surface area contributed by atoms with Crippen molar-refractivity contribution in [2.75, 3.05) is 24.4 Å². The molecule has 0 bridgehead atoms.